The highest BCUT2D eigenvalue weighted by molar-refractivity contribution is 7.11. The van der Waals surface area contributed by atoms with Crippen molar-refractivity contribution in [2.45, 2.75) is 20.1 Å². The van der Waals surface area contributed by atoms with Crippen LogP contribution < -0.4 is 0 Å². The van der Waals surface area contributed by atoms with Gasteiger partial charge in [-0.2, -0.15) is 0 Å². The minimum absolute atomic E-state index is 0. The first-order valence-electron chi connectivity index (χ1n) is 3.71. The molecule has 0 aliphatic rings. The van der Waals surface area contributed by atoms with Crippen LogP contribution in [0.3, 0.4) is 0 Å². The van der Waals surface area contributed by atoms with Crippen molar-refractivity contribution in [1.82, 2.24) is 4.98 Å². The lowest BCUT2D eigenvalue weighted by Gasteiger charge is -1.98. The summed E-state index contributed by atoms with van der Waals surface area (Å²) in [6.45, 7) is 3.19. The Labute approximate surface area is 84.7 Å². The molecule has 0 aliphatic heterocycles. The number of aromatic nitrogens is 1. The van der Waals surface area contributed by atoms with Crippen LogP contribution in [0.1, 0.15) is 15.6 Å². The van der Waals surface area contributed by atoms with E-state index in [0.717, 1.165) is 15.6 Å². The fourth-order valence-corrected chi connectivity index (χ4v) is 1.92. The summed E-state index contributed by atoms with van der Waals surface area (Å²) in [5.41, 5.74) is 1.00. The predicted molar refractivity (Wildman–Crippen MR) is 54.0 cm³/mol. The van der Waals surface area contributed by atoms with Gasteiger partial charge in [0.2, 0.25) is 0 Å². The number of hydrogen-bond donors (Lipinski definition) is 0. The first-order valence-corrected chi connectivity index (χ1v) is 4.52. The summed E-state index contributed by atoms with van der Waals surface area (Å²) in [6.07, 6.45) is 0. The second-order valence-electron chi connectivity index (χ2n) is 2.47. The van der Waals surface area contributed by atoms with Gasteiger partial charge in [0.1, 0.15) is 0 Å². The minimum atomic E-state index is 0. The maximum Gasteiger partial charge on any atom is 0.0902 e. The van der Waals surface area contributed by atoms with Crippen molar-refractivity contribution in [2.24, 2.45) is 0 Å². The van der Waals surface area contributed by atoms with Crippen LogP contribution in [0.2, 0.25) is 0 Å². The molecule has 0 N–H and O–H groups in total. The molecule has 0 bridgehead atoms. The highest BCUT2D eigenvalue weighted by Gasteiger charge is 2.07. The molecule has 0 amide bonds. The molecule has 1 heterocycles. The van der Waals surface area contributed by atoms with Crippen LogP contribution in [-0.4, -0.2) is 27.6 Å². The first-order chi connectivity index (χ1) is 5.77. The van der Waals surface area contributed by atoms with Gasteiger partial charge in [0.15, 0.2) is 0 Å². The summed E-state index contributed by atoms with van der Waals surface area (Å²) in [6, 6.07) is 0. The van der Waals surface area contributed by atoms with Crippen LogP contribution in [0, 0.1) is 6.92 Å². The van der Waals surface area contributed by atoms with Crippen LogP contribution in [-0.2, 0) is 22.7 Å². The van der Waals surface area contributed by atoms with E-state index in [9.17, 15) is 0 Å². The second-order valence-corrected chi connectivity index (χ2v) is 3.76. The number of hydrogen-bond acceptors (Lipinski definition) is 4. The molecular formula is C8H13BNO2S. The van der Waals surface area contributed by atoms with Crippen LogP contribution in [0.25, 0.3) is 0 Å². The van der Waals surface area contributed by atoms with Gasteiger partial charge in [0, 0.05) is 22.6 Å². The van der Waals surface area contributed by atoms with Crippen LogP contribution >= 0.6 is 11.3 Å². The van der Waals surface area contributed by atoms with E-state index in [2.05, 4.69) is 4.98 Å². The van der Waals surface area contributed by atoms with Gasteiger partial charge in [-0.15, -0.1) is 11.3 Å². The van der Waals surface area contributed by atoms with E-state index < -0.39 is 0 Å². The summed E-state index contributed by atoms with van der Waals surface area (Å²) in [7, 11) is 3.36. The van der Waals surface area contributed by atoms with Gasteiger partial charge in [-0.3, -0.25) is 0 Å². The fourth-order valence-electron chi connectivity index (χ4n) is 1.01. The molecule has 13 heavy (non-hydrogen) atoms. The SMILES string of the molecule is COCc1nc(C)sc1COC.[B]. The van der Waals surface area contributed by atoms with Crippen LogP contribution in [0.4, 0.5) is 0 Å². The van der Waals surface area contributed by atoms with E-state index >= 15 is 0 Å². The minimum Gasteiger partial charge on any atom is -0.379 e. The highest BCUT2D eigenvalue weighted by atomic mass is 32.1. The maximum absolute atomic E-state index is 5.04. The topological polar surface area (TPSA) is 31.4 Å². The number of thiazole rings is 1. The molecular weight excluding hydrogens is 185 g/mol. The van der Waals surface area contributed by atoms with E-state index in [4.69, 9.17) is 9.47 Å². The monoisotopic (exact) mass is 198 g/mol. The maximum atomic E-state index is 5.04. The van der Waals surface area contributed by atoms with Crippen LogP contribution in [0.15, 0.2) is 0 Å². The van der Waals surface area contributed by atoms with Crippen molar-refractivity contribution < 1.29 is 9.47 Å². The lowest BCUT2D eigenvalue weighted by atomic mass is 10.4. The molecule has 0 spiro atoms. The predicted octanol–water partition coefficient (Wildman–Crippen LogP) is 1.36. The van der Waals surface area contributed by atoms with Gasteiger partial charge < -0.3 is 9.47 Å². The molecule has 1 rings (SSSR count). The Bertz CT molecular complexity index is 229. The largest absolute Gasteiger partial charge is 0.379 e. The molecule has 1 aromatic heterocycles. The molecule has 5 heteroatoms. The van der Waals surface area contributed by atoms with Gasteiger partial charge in [-0.1, -0.05) is 0 Å². The Morgan fingerprint density at radius 3 is 2.38 bits per heavy atom. The van der Waals surface area contributed by atoms with E-state index in [1.54, 1.807) is 25.6 Å². The summed E-state index contributed by atoms with van der Waals surface area (Å²) in [4.78, 5) is 5.50. The van der Waals surface area contributed by atoms with Crippen molar-refractivity contribution in [3.63, 3.8) is 0 Å². The molecule has 1 aromatic rings. The Morgan fingerprint density at radius 1 is 1.23 bits per heavy atom. The zero-order chi connectivity index (χ0) is 8.97. The number of methoxy groups -OCH3 is 2. The van der Waals surface area contributed by atoms with Gasteiger partial charge in [-0.25, -0.2) is 4.98 Å². The zero-order valence-electron chi connectivity index (χ0n) is 8.16. The Hall–Kier alpha value is -0.385. The molecule has 0 fully saturated rings. The smallest absolute Gasteiger partial charge is 0.0902 e. The third-order valence-electron chi connectivity index (χ3n) is 1.44. The normalized spacial score (nSPS) is 9.77. The van der Waals surface area contributed by atoms with Crippen molar-refractivity contribution >= 4 is 19.7 Å². The van der Waals surface area contributed by atoms with Gasteiger partial charge in [-0.05, 0) is 6.92 Å². The molecule has 0 saturated heterocycles. The van der Waals surface area contributed by atoms with Crippen molar-refractivity contribution in [3.05, 3.63) is 15.6 Å². The Morgan fingerprint density at radius 2 is 1.85 bits per heavy atom. The molecule has 0 atom stereocenters. The number of ether oxygens (including phenoxy) is 2. The molecule has 0 saturated carbocycles. The standard InChI is InChI=1S/C8H13NO2S.B/c1-6-9-7(4-10-2)8(12-6)5-11-3;/h4-5H2,1-3H3;. The summed E-state index contributed by atoms with van der Waals surface area (Å²) in [5.74, 6) is 0. The first kappa shape index (κ1) is 12.6. The van der Waals surface area contributed by atoms with Crippen LogP contribution in [0.5, 0.6) is 0 Å². The van der Waals surface area contributed by atoms with E-state index in [-0.39, 0.29) is 8.41 Å². The van der Waals surface area contributed by atoms with Gasteiger partial charge >= 0.3 is 0 Å². The average Bonchev–Trinajstić information content (AvgIpc) is 2.33. The lowest BCUT2D eigenvalue weighted by molar-refractivity contribution is 0.168. The third kappa shape index (κ3) is 3.46. The second kappa shape index (κ2) is 6.13. The van der Waals surface area contributed by atoms with Gasteiger partial charge in [0.25, 0.3) is 0 Å². The van der Waals surface area contributed by atoms with E-state index in [1.807, 2.05) is 6.92 Å². The molecule has 3 radical (unpaired) electrons. The zero-order valence-corrected chi connectivity index (χ0v) is 8.98. The summed E-state index contributed by atoms with van der Waals surface area (Å²) in [5, 5.41) is 1.06. The molecule has 71 valence electrons. The Kier molecular flexibility index (Phi) is 5.95. The quantitative estimate of drug-likeness (QED) is 0.684. The van der Waals surface area contributed by atoms with Crippen molar-refractivity contribution in [1.29, 1.82) is 0 Å². The van der Waals surface area contributed by atoms with E-state index in [1.165, 1.54) is 0 Å². The van der Waals surface area contributed by atoms with Crippen molar-refractivity contribution in [3.8, 4) is 0 Å². The Balaban J connectivity index is 0.00000144. The summed E-state index contributed by atoms with van der Waals surface area (Å²) >= 11 is 1.66. The van der Waals surface area contributed by atoms with Gasteiger partial charge in [0.05, 0.1) is 28.8 Å². The van der Waals surface area contributed by atoms with Crippen molar-refractivity contribution in [2.75, 3.05) is 14.2 Å². The highest BCUT2D eigenvalue weighted by Crippen LogP contribution is 2.19. The number of aryl methyl sites for hydroxylation is 1. The lowest BCUT2D eigenvalue weighted by Crippen LogP contribution is -1.94. The molecule has 3 nitrogen and oxygen atoms in total. The molecule has 0 aliphatic carbocycles. The third-order valence-corrected chi connectivity index (χ3v) is 2.43. The average molecular weight is 198 g/mol. The molecule has 0 unspecified atom stereocenters. The molecule has 0 aromatic carbocycles. The number of rotatable bonds is 4. The fraction of sp³-hybridized carbons (Fsp3) is 0.625. The summed E-state index contributed by atoms with van der Waals surface area (Å²) < 4.78 is 10.1. The number of nitrogens with zero attached hydrogens (tertiary/aromatic N) is 1. The van der Waals surface area contributed by atoms with E-state index in [0.29, 0.717) is 13.2 Å².